The number of aliphatic carboxylic acids is 2. The molecule has 2 saturated heterocycles. The van der Waals surface area contributed by atoms with E-state index in [-0.39, 0.29) is 13.2 Å². The summed E-state index contributed by atoms with van der Waals surface area (Å²) in [6.45, 7) is 0.204. The fourth-order valence-electron chi connectivity index (χ4n) is 4.58. The SMILES string of the molecule is O=C(O)C=CC(=O)OC(COc1ccc(Oc2ccc(OCC(CSCCC3SCCS3)OC(=O)C=CC(=O)O)cc2)cc1)CSCCC1SCCS1. The summed E-state index contributed by atoms with van der Waals surface area (Å²) in [6, 6.07) is 14.0. The number of carboxylic acid groups (broad SMARTS) is 2. The molecule has 2 aromatic rings. The molecule has 288 valence electrons. The van der Waals surface area contributed by atoms with Crippen LogP contribution in [-0.2, 0) is 28.7 Å². The molecule has 0 saturated carbocycles. The first-order chi connectivity index (χ1) is 25.7. The smallest absolute Gasteiger partial charge is 0.331 e. The molecule has 0 aromatic heterocycles. The van der Waals surface area contributed by atoms with E-state index in [1.54, 1.807) is 72.1 Å². The van der Waals surface area contributed by atoms with Crippen LogP contribution in [0.4, 0.5) is 0 Å². The third-order valence-corrected chi connectivity index (χ3v) is 15.6. The van der Waals surface area contributed by atoms with Crippen LogP contribution >= 0.6 is 70.6 Å². The predicted molar refractivity (Wildman–Crippen MR) is 219 cm³/mol. The summed E-state index contributed by atoms with van der Waals surface area (Å²) in [5.74, 6) is 5.89. The van der Waals surface area contributed by atoms with E-state index in [4.69, 9.17) is 33.9 Å². The molecule has 53 heavy (non-hydrogen) atoms. The molecule has 0 bridgehead atoms. The fourth-order valence-corrected chi connectivity index (χ4v) is 12.8. The van der Waals surface area contributed by atoms with Crippen molar-refractivity contribution in [3.8, 4) is 23.0 Å². The number of hydrogen-bond donors (Lipinski definition) is 2. The maximum absolute atomic E-state index is 12.2. The van der Waals surface area contributed by atoms with Crippen LogP contribution in [0.1, 0.15) is 12.8 Å². The van der Waals surface area contributed by atoms with E-state index in [1.807, 2.05) is 47.0 Å². The topological polar surface area (TPSA) is 155 Å². The molecule has 2 aliphatic heterocycles. The second kappa shape index (κ2) is 24.7. The van der Waals surface area contributed by atoms with Gasteiger partial charge in [0.15, 0.2) is 0 Å². The maximum Gasteiger partial charge on any atom is 0.331 e. The Morgan fingerprint density at radius 1 is 0.604 bits per heavy atom. The van der Waals surface area contributed by atoms with E-state index in [2.05, 4.69) is 0 Å². The molecular weight excluding hydrogens is 801 g/mol. The Labute approximate surface area is 334 Å². The lowest BCUT2D eigenvalue weighted by molar-refractivity contribution is -0.144. The number of carbonyl (C=O) groups is 4. The van der Waals surface area contributed by atoms with Crippen LogP contribution < -0.4 is 14.2 Å². The van der Waals surface area contributed by atoms with E-state index in [0.29, 0.717) is 43.7 Å². The third-order valence-electron chi connectivity index (χ3n) is 7.03. The summed E-state index contributed by atoms with van der Waals surface area (Å²) in [5, 5.41) is 17.7. The Morgan fingerprint density at radius 3 is 1.32 bits per heavy atom. The number of carboxylic acids is 2. The van der Waals surface area contributed by atoms with Crippen molar-refractivity contribution < 1.29 is 53.1 Å². The molecule has 2 aliphatic rings. The van der Waals surface area contributed by atoms with Crippen LogP contribution in [-0.4, -0.2) is 115 Å². The first kappa shape index (κ1) is 43.0. The van der Waals surface area contributed by atoms with Gasteiger partial charge in [-0.15, -0.1) is 47.0 Å². The van der Waals surface area contributed by atoms with E-state index >= 15 is 0 Å². The van der Waals surface area contributed by atoms with Gasteiger partial charge in [-0.05, 0) is 72.9 Å². The Hall–Kier alpha value is -2.70. The predicted octanol–water partition coefficient (Wildman–Crippen LogP) is 7.20. The van der Waals surface area contributed by atoms with Gasteiger partial charge >= 0.3 is 23.9 Å². The van der Waals surface area contributed by atoms with Crippen molar-refractivity contribution in [2.24, 2.45) is 0 Å². The van der Waals surface area contributed by atoms with Crippen molar-refractivity contribution in [1.82, 2.24) is 0 Å². The van der Waals surface area contributed by atoms with Gasteiger partial charge in [-0.2, -0.15) is 23.5 Å². The lowest BCUT2D eigenvalue weighted by Gasteiger charge is -2.18. The maximum atomic E-state index is 12.2. The second-order valence-corrected chi connectivity index (χ2v) is 19.3. The van der Waals surface area contributed by atoms with Crippen LogP contribution in [0.25, 0.3) is 0 Å². The molecule has 11 nitrogen and oxygen atoms in total. The molecular formula is C36H42O11S6. The highest BCUT2D eigenvalue weighted by molar-refractivity contribution is 8.20. The molecule has 2 unspecified atom stereocenters. The quantitative estimate of drug-likeness (QED) is 0.0621. The van der Waals surface area contributed by atoms with Gasteiger partial charge in [0.2, 0.25) is 0 Å². The highest BCUT2D eigenvalue weighted by Gasteiger charge is 2.20. The van der Waals surface area contributed by atoms with Crippen LogP contribution in [0.2, 0.25) is 0 Å². The first-order valence-electron chi connectivity index (χ1n) is 16.7. The summed E-state index contributed by atoms with van der Waals surface area (Å²) in [6.07, 6.45) is 4.27. The molecule has 4 rings (SSSR count). The van der Waals surface area contributed by atoms with E-state index in [0.717, 1.165) is 48.7 Å². The number of esters is 2. The van der Waals surface area contributed by atoms with Crippen LogP contribution in [0.5, 0.6) is 23.0 Å². The highest BCUT2D eigenvalue weighted by atomic mass is 32.2. The average molecular weight is 843 g/mol. The number of ether oxygens (including phenoxy) is 5. The number of thioether (sulfide) groups is 6. The summed E-state index contributed by atoms with van der Waals surface area (Å²) in [5.41, 5.74) is 0. The molecule has 0 aliphatic carbocycles. The fraction of sp³-hybridized carbons (Fsp3) is 0.444. The number of rotatable bonds is 24. The number of hydrogen-bond acceptors (Lipinski definition) is 15. The normalized spacial score (nSPS) is 16.1. The Morgan fingerprint density at radius 2 is 0.962 bits per heavy atom. The monoisotopic (exact) mass is 842 g/mol. The second-order valence-electron chi connectivity index (χ2n) is 11.2. The highest BCUT2D eigenvalue weighted by Crippen LogP contribution is 2.36. The summed E-state index contributed by atoms with van der Waals surface area (Å²) < 4.78 is 30.0. The van der Waals surface area contributed by atoms with Crippen molar-refractivity contribution in [2.75, 3.05) is 59.2 Å². The molecule has 17 heteroatoms. The van der Waals surface area contributed by atoms with Crippen molar-refractivity contribution >= 4 is 94.4 Å². The van der Waals surface area contributed by atoms with Gasteiger partial charge in [0, 0.05) is 58.8 Å². The molecule has 0 amide bonds. The minimum absolute atomic E-state index is 0.102. The van der Waals surface area contributed by atoms with Gasteiger partial charge in [-0.1, -0.05) is 0 Å². The van der Waals surface area contributed by atoms with E-state index in [9.17, 15) is 19.2 Å². The minimum Gasteiger partial charge on any atom is -0.490 e. The van der Waals surface area contributed by atoms with E-state index in [1.165, 1.54) is 23.0 Å². The Bertz CT molecular complexity index is 1380. The zero-order valence-electron chi connectivity index (χ0n) is 28.7. The molecule has 2 atom stereocenters. The Balaban J connectivity index is 1.23. The molecule has 2 fully saturated rings. The number of carbonyl (C=O) groups excluding carboxylic acids is 2. The van der Waals surface area contributed by atoms with Crippen LogP contribution in [0.3, 0.4) is 0 Å². The average Bonchev–Trinajstić information content (AvgIpc) is 3.87. The van der Waals surface area contributed by atoms with Gasteiger partial charge in [-0.3, -0.25) is 0 Å². The molecule has 2 N–H and O–H groups in total. The van der Waals surface area contributed by atoms with Crippen molar-refractivity contribution in [1.29, 1.82) is 0 Å². The van der Waals surface area contributed by atoms with Crippen molar-refractivity contribution in [3.63, 3.8) is 0 Å². The van der Waals surface area contributed by atoms with Crippen molar-refractivity contribution in [3.05, 3.63) is 72.8 Å². The molecule has 0 spiro atoms. The molecule has 2 heterocycles. The lowest BCUT2D eigenvalue weighted by atomic mass is 10.3. The van der Waals surface area contributed by atoms with E-state index < -0.39 is 36.1 Å². The van der Waals surface area contributed by atoms with Crippen LogP contribution in [0.15, 0.2) is 72.8 Å². The largest absolute Gasteiger partial charge is 0.490 e. The summed E-state index contributed by atoms with van der Waals surface area (Å²) in [7, 11) is 0. The summed E-state index contributed by atoms with van der Waals surface area (Å²) >= 11 is 11.2. The molecule has 2 aromatic carbocycles. The molecule has 0 radical (unpaired) electrons. The zero-order chi connectivity index (χ0) is 37.7. The minimum atomic E-state index is -1.23. The van der Waals surface area contributed by atoms with Gasteiger partial charge in [0.1, 0.15) is 48.4 Å². The van der Waals surface area contributed by atoms with Gasteiger partial charge in [0.05, 0.1) is 9.16 Å². The standard InChI is InChI=1S/C36H42O11S6/c37-31(38)9-11-33(41)46-29(23-48-15-13-35-50-17-18-51-35)21-43-25-1-5-27(6-2-25)45-28-7-3-26(4-8-28)44-22-30(47-34(42)12-10-32(39)40)24-49-16-14-36-52-19-20-53-36/h1-12,29-30,35-36H,13-24H2,(H,37,38)(H,39,40). The first-order valence-corrected chi connectivity index (χ1v) is 23.2. The third kappa shape index (κ3) is 18.5. The zero-order valence-corrected chi connectivity index (χ0v) is 33.6. The summed E-state index contributed by atoms with van der Waals surface area (Å²) in [4.78, 5) is 45.9. The number of benzene rings is 2. The van der Waals surface area contributed by atoms with Gasteiger partial charge in [0.25, 0.3) is 0 Å². The Kier molecular flexibility index (Phi) is 20.0. The van der Waals surface area contributed by atoms with Crippen molar-refractivity contribution in [2.45, 2.75) is 34.2 Å². The van der Waals surface area contributed by atoms with Gasteiger partial charge in [-0.25, -0.2) is 19.2 Å². The van der Waals surface area contributed by atoms with Gasteiger partial charge < -0.3 is 33.9 Å². The lowest BCUT2D eigenvalue weighted by Crippen LogP contribution is -2.27. The van der Waals surface area contributed by atoms with Crippen LogP contribution in [0, 0.1) is 0 Å².